The number of rotatable bonds is 9. The normalized spacial score (nSPS) is 21.1. The lowest BCUT2D eigenvalue weighted by molar-refractivity contribution is -0.150. The number of amides is 4. The van der Waals surface area contributed by atoms with Crippen LogP contribution in [0.3, 0.4) is 0 Å². The Kier molecular flexibility index (Phi) is 8.32. The Bertz CT molecular complexity index is 1490. The van der Waals surface area contributed by atoms with Gasteiger partial charge in [-0.1, -0.05) is 35.2 Å². The van der Waals surface area contributed by atoms with Gasteiger partial charge < -0.3 is 25.7 Å². The van der Waals surface area contributed by atoms with Crippen molar-refractivity contribution in [3.8, 4) is 5.75 Å². The third-order valence-electron chi connectivity index (χ3n) is 6.40. The molecule has 0 bridgehead atoms. The summed E-state index contributed by atoms with van der Waals surface area (Å²) in [4.78, 5) is 64.7. The standard InChI is InChI=1S/C25H24N6O7S3/c1-12(32)26-24-28-29-25(41-24)40-11-17(34)27-18-21(36)31-19(23(37)38)15(10-39-22(18)31)8-14-6-7-30(20(14)35)9-13-2-4-16(33)5-3-13/h2-5,8,18,22,33H,6-7,9-11H2,1H3,(H,27,34)(H,37,38)(H,26,28,32)/b14-8+/t18-,22-/m1/s1. The molecule has 4 N–H and O–H groups in total. The first kappa shape index (κ1) is 28.6. The Hall–Kier alpha value is -3.89. The maximum Gasteiger partial charge on any atom is 0.352 e. The largest absolute Gasteiger partial charge is 0.508 e. The average molecular weight is 617 g/mol. The van der Waals surface area contributed by atoms with E-state index in [4.69, 9.17) is 0 Å². The maximum atomic E-state index is 13.0. The SMILES string of the molecule is CC(=O)Nc1nnc(SCC(=O)N[C@@H]2C(=O)N3C(C(=O)O)=C(/C=C4\CCN(Cc5ccc(O)cc5)C4=O)CS[C@H]23)s1. The van der Waals surface area contributed by atoms with E-state index in [0.29, 0.717) is 40.1 Å². The number of aromatic nitrogens is 2. The van der Waals surface area contributed by atoms with Crippen LogP contribution in [0.15, 0.2) is 51.5 Å². The molecule has 3 aliphatic rings. The fraction of sp³-hybridized carbons (Fsp3) is 0.320. The smallest absolute Gasteiger partial charge is 0.352 e. The number of fused-ring (bicyclic) bond motifs is 1. The molecule has 0 radical (unpaired) electrons. The molecule has 1 aromatic heterocycles. The highest BCUT2D eigenvalue weighted by Gasteiger charge is 2.54. The first-order valence-corrected chi connectivity index (χ1v) is 15.2. The third kappa shape index (κ3) is 6.23. The molecule has 2 fully saturated rings. The monoisotopic (exact) mass is 616 g/mol. The number of likely N-dealkylation sites (tertiary alicyclic amines) is 1. The van der Waals surface area contributed by atoms with Gasteiger partial charge in [0.05, 0.1) is 5.75 Å². The molecule has 4 heterocycles. The molecular formula is C25H24N6O7S3. The molecule has 2 saturated heterocycles. The number of nitrogens with zero attached hydrogens (tertiary/aromatic N) is 4. The van der Waals surface area contributed by atoms with Crippen molar-refractivity contribution in [1.29, 1.82) is 0 Å². The number of β-lactam (4-membered cyclic amide) rings is 1. The Morgan fingerprint density at radius 2 is 1.95 bits per heavy atom. The summed E-state index contributed by atoms with van der Waals surface area (Å²) >= 11 is 3.53. The van der Waals surface area contributed by atoms with Crippen LogP contribution in [0.4, 0.5) is 5.13 Å². The zero-order valence-corrected chi connectivity index (χ0v) is 24.0. The predicted octanol–water partition coefficient (Wildman–Crippen LogP) is 1.39. The van der Waals surface area contributed by atoms with Crippen molar-refractivity contribution in [3.63, 3.8) is 0 Å². The molecule has 16 heteroatoms. The summed E-state index contributed by atoms with van der Waals surface area (Å²) in [5.74, 6) is -2.40. The van der Waals surface area contributed by atoms with Crippen LogP contribution >= 0.6 is 34.9 Å². The summed E-state index contributed by atoms with van der Waals surface area (Å²) in [5.41, 5.74) is 1.50. The molecule has 41 heavy (non-hydrogen) atoms. The summed E-state index contributed by atoms with van der Waals surface area (Å²) in [6, 6.07) is 5.69. The Labute approximate surface area is 246 Å². The lowest BCUT2D eigenvalue weighted by Gasteiger charge is -2.49. The fourth-order valence-electron chi connectivity index (χ4n) is 4.55. The van der Waals surface area contributed by atoms with Gasteiger partial charge in [0, 0.05) is 31.3 Å². The van der Waals surface area contributed by atoms with Crippen LogP contribution in [0.2, 0.25) is 0 Å². The zero-order chi connectivity index (χ0) is 29.3. The van der Waals surface area contributed by atoms with Crippen molar-refractivity contribution in [2.75, 3.05) is 23.4 Å². The third-order valence-corrected chi connectivity index (χ3v) is 9.68. The fourth-order valence-corrected chi connectivity index (χ4v) is 7.46. The molecule has 0 unspecified atom stereocenters. The molecule has 13 nitrogen and oxygen atoms in total. The van der Waals surface area contributed by atoms with E-state index in [-0.39, 0.29) is 34.8 Å². The summed E-state index contributed by atoms with van der Waals surface area (Å²) in [5, 5.41) is 32.0. The summed E-state index contributed by atoms with van der Waals surface area (Å²) in [6.45, 7) is 2.17. The number of nitrogens with one attached hydrogen (secondary N) is 2. The van der Waals surface area contributed by atoms with Crippen LogP contribution in [-0.4, -0.2) is 89.3 Å². The van der Waals surface area contributed by atoms with Gasteiger partial charge in [-0.3, -0.25) is 24.1 Å². The number of aromatic hydroxyl groups is 1. The van der Waals surface area contributed by atoms with Crippen LogP contribution in [0.5, 0.6) is 5.75 Å². The van der Waals surface area contributed by atoms with E-state index in [0.717, 1.165) is 28.7 Å². The second kappa shape index (κ2) is 11.9. The topological polar surface area (TPSA) is 182 Å². The predicted molar refractivity (Wildman–Crippen MR) is 151 cm³/mol. The number of thioether (sulfide) groups is 2. The van der Waals surface area contributed by atoms with Crippen molar-refractivity contribution in [3.05, 3.63) is 52.7 Å². The first-order valence-electron chi connectivity index (χ1n) is 12.3. The lowest BCUT2D eigenvalue weighted by Crippen LogP contribution is -2.70. The number of carboxylic acids is 1. The number of hydrogen-bond donors (Lipinski definition) is 4. The minimum absolute atomic E-state index is 0.0440. The number of carbonyl (C=O) groups excluding carboxylic acids is 4. The first-order chi connectivity index (χ1) is 19.6. The van der Waals surface area contributed by atoms with Crippen molar-refractivity contribution >= 4 is 69.6 Å². The van der Waals surface area contributed by atoms with E-state index < -0.39 is 29.2 Å². The Morgan fingerprint density at radius 3 is 2.66 bits per heavy atom. The van der Waals surface area contributed by atoms with Crippen LogP contribution in [-0.2, 0) is 30.5 Å². The van der Waals surface area contributed by atoms with Crippen molar-refractivity contribution in [2.24, 2.45) is 0 Å². The number of benzene rings is 1. The van der Waals surface area contributed by atoms with E-state index in [1.54, 1.807) is 35.2 Å². The van der Waals surface area contributed by atoms with Crippen LogP contribution in [0.25, 0.3) is 0 Å². The van der Waals surface area contributed by atoms with E-state index in [1.807, 2.05) is 0 Å². The second-order valence-corrected chi connectivity index (χ2v) is 12.6. The van der Waals surface area contributed by atoms with Gasteiger partial charge in [-0.25, -0.2) is 4.79 Å². The molecule has 3 aliphatic heterocycles. The van der Waals surface area contributed by atoms with Gasteiger partial charge in [0.2, 0.25) is 22.9 Å². The van der Waals surface area contributed by atoms with Gasteiger partial charge >= 0.3 is 5.97 Å². The summed E-state index contributed by atoms with van der Waals surface area (Å²) in [7, 11) is 0. The number of phenolic OH excluding ortho intramolecular Hbond substituents is 1. The second-order valence-electron chi connectivity index (χ2n) is 9.29. The highest BCUT2D eigenvalue weighted by molar-refractivity contribution is 8.01. The summed E-state index contributed by atoms with van der Waals surface area (Å²) < 4.78 is 0.467. The van der Waals surface area contributed by atoms with E-state index in [9.17, 15) is 34.2 Å². The summed E-state index contributed by atoms with van der Waals surface area (Å²) in [6.07, 6.45) is 2.01. The van der Waals surface area contributed by atoms with Crippen LogP contribution < -0.4 is 10.6 Å². The molecule has 2 aromatic rings. The number of allylic oxidation sites excluding steroid dienone is 1. The van der Waals surface area contributed by atoms with Crippen molar-refractivity contribution < 1.29 is 34.2 Å². The van der Waals surface area contributed by atoms with Gasteiger partial charge in [0.1, 0.15) is 22.9 Å². The molecule has 0 saturated carbocycles. The molecule has 5 rings (SSSR count). The van der Waals surface area contributed by atoms with E-state index in [2.05, 4.69) is 20.8 Å². The van der Waals surface area contributed by atoms with Crippen LogP contribution in [0, 0.1) is 0 Å². The number of hydrogen-bond acceptors (Lipinski definition) is 11. The molecule has 214 valence electrons. The molecule has 0 aliphatic carbocycles. The van der Waals surface area contributed by atoms with Gasteiger partial charge in [0.15, 0.2) is 4.34 Å². The highest BCUT2D eigenvalue weighted by atomic mass is 32.2. The van der Waals surface area contributed by atoms with E-state index >= 15 is 0 Å². The molecule has 0 spiro atoms. The van der Waals surface area contributed by atoms with Crippen LogP contribution in [0.1, 0.15) is 18.9 Å². The molecule has 2 atom stereocenters. The number of anilines is 1. The Morgan fingerprint density at radius 1 is 1.20 bits per heavy atom. The number of carboxylic acid groups (broad SMARTS) is 1. The quantitative estimate of drug-likeness (QED) is 0.138. The van der Waals surface area contributed by atoms with E-state index in [1.165, 1.54) is 23.6 Å². The number of phenols is 1. The van der Waals surface area contributed by atoms with Gasteiger partial charge in [0.25, 0.3) is 5.91 Å². The minimum Gasteiger partial charge on any atom is -0.508 e. The number of aliphatic carboxylic acids is 1. The van der Waals surface area contributed by atoms with Crippen molar-refractivity contribution in [1.82, 2.24) is 25.3 Å². The van der Waals surface area contributed by atoms with Gasteiger partial charge in [-0.15, -0.1) is 22.0 Å². The molecular weight excluding hydrogens is 593 g/mol. The van der Waals surface area contributed by atoms with Gasteiger partial charge in [-0.2, -0.15) is 0 Å². The minimum atomic E-state index is -1.28. The maximum absolute atomic E-state index is 13.0. The zero-order valence-electron chi connectivity index (χ0n) is 21.5. The van der Waals surface area contributed by atoms with Gasteiger partial charge in [-0.05, 0) is 35.8 Å². The molecule has 1 aromatic carbocycles. The number of carbonyl (C=O) groups is 5. The average Bonchev–Trinajstić information content (AvgIpc) is 3.52. The lowest BCUT2D eigenvalue weighted by atomic mass is 10.0. The highest BCUT2D eigenvalue weighted by Crippen LogP contribution is 2.41. The van der Waals surface area contributed by atoms with Crippen molar-refractivity contribution in [2.45, 2.75) is 35.6 Å². The Balaban J connectivity index is 1.21. The molecule has 4 amide bonds.